The van der Waals surface area contributed by atoms with Gasteiger partial charge in [0.25, 0.3) is 5.91 Å². The molecule has 2 unspecified atom stereocenters. The van der Waals surface area contributed by atoms with E-state index in [2.05, 4.69) is 33.5 Å². The number of aliphatic hydroxyl groups is 1. The molecule has 0 saturated heterocycles. The van der Waals surface area contributed by atoms with E-state index in [1.807, 2.05) is 31.3 Å². The molecule has 1 aliphatic carbocycles. The smallest absolute Gasteiger partial charge is 0.251 e. The number of carbonyl (C=O) groups is 1. The number of aliphatic hydroxyl groups excluding tert-OH is 1. The van der Waals surface area contributed by atoms with Gasteiger partial charge >= 0.3 is 0 Å². The van der Waals surface area contributed by atoms with Crippen molar-refractivity contribution in [2.75, 3.05) is 6.61 Å². The maximum atomic E-state index is 12.4. The van der Waals surface area contributed by atoms with Crippen LogP contribution in [0, 0.1) is 5.92 Å². The number of benzene rings is 2. The van der Waals surface area contributed by atoms with Crippen LogP contribution in [0.25, 0.3) is 10.8 Å². The quantitative estimate of drug-likeness (QED) is 0.626. The Balaban J connectivity index is 1.63. The molecule has 0 bridgehead atoms. The third-order valence-corrected chi connectivity index (χ3v) is 5.64. The van der Waals surface area contributed by atoms with E-state index in [1.165, 1.54) is 6.42 Å². The van der Waals surface area contributed by atoms with Crippen LogP contribution in [-0.2, 0) is 0 Å². The molecule has 3 N–H and O–H groups in total. The molecule has 1 aliphatic rings. The van der Waals surface area contributed by atoms with E-state index in [0.717, 1.165) is 34.9 Å². The average molecular weight is 363 g/mol. The number of hydrogen-bond acceptors (Lipinski definition) is 3. The van der Waals surface area contributed by atoms with Crippen molar-refractivity contribution in [3.05, 3.63) is 65.7 Å². The minimum absolute atomic E-state index is 0.00918. The molecule has 2 aromatic carbocycles. The van der Waals surface area contributed by atoms with E-state index in [1.54, 1.807) is 6.33 Å². The lowest BCUT2D eigenvalue weighted by Crippen LogP contribution is -2.39. The van der Waals surface area contributed by atoms with Crippen LogP contribution in [0.15, 0.2) is 48.9 Å². The van der Waals surface area contributed by atoms with Gasteiger partial charge in [-0.1, -0.05) is 31.2 Å². The number of imidazole rings is 1. The van der Waals surface area contributed by atoms with Gasteiger partial charge < -0.3 is 15.4 Å². The van der Waals surface area contributed by atoms with Gasteiger partial charge in [0.05, 0.1) is 6.33 Å². The zero-order valence-electron chi connectivity index (χ0n) is 15.5. The van der Waals surface area contributed by atoms with Crippen molar-refractivity contribution in [2.24, 2.45) is 5.92 Å². The van der Waals surface area contributed by atoms with Gasteiger partial charge in [-0.2, -0.15) is 0 Å². The van der Waals surface area contributed by atoms with E-state index < -0.39 is 0 Å². The van der Waals surface area contributed by atoms with E-state index in [0.29, 0.717) is 11.6 Å². The van der Waals surface area contributed by atoms with Crippen LogP contribution >= 0.6 is 0 Å². The summed E-state index contributed by atoms with van der Waals surface area (Å²) in [7, 11) is 0. The van der Waals surface area contributed by atoms with Crippen LogP contribution in [0.2, 0.25) is 0 Å². The summed E-state index contributed by atoms with van der Waals surface area (Å²) in [5, 5.41) is 14.9. The van der Waals surface area contributed by atoms with Gasteiger partial charge in [-0.05, 0) is 53.6 Å². The molecule has 5 heteroatoms. The zero-order valence-corrected chi connectivity index (χ0v) is 15.5. The van der Waals surface area contributed by atoms with Gasteiger partial charge in [0.1, 0.15) is 0 Å². The number of amides is 1. The lowest BCUT2D eigenvalue weighted by molar-refractivity contribution is 0.0917. The summed E-state index contributed by atoms with van der Waals surface area (Å²) in [6.07, 6.45) is 6.85. The molecule has 1 aromatic heterocycles. The van der Waals surface area contributed by atoms with E-state index >= 15 is 0 Å². The molecule has 1 amide bonds. The number of H-pyrrole nitrogens is 1. The Labute approximate surface area is 158 Å². The van der Waals surface area contributed by atoms with Gasteiger partial charge in [-0.3, -0.25) is 4.79 Å². The first-order valence-corrected chi connectivity index (χ1v) is 9.59. The van der Waals surface area contributed by atoms with Crippen molar-refractivity contribution in [3.8, 4) is 0 Å². The van der Waals surface area contributed by atoms with Gasteiger partial charge in [0, 0.05) is 36.0 Å². The molecule has 0 spiro atoms. The lowest BCUT2D eigenvalue weighted by Gasteiger charge is -2.26. The Morgan fingerprint density at radius 1 is 1.26 bits per heavy atom. The fraction of sp³-hybridized carbons (Fsp3) is 0.364. The van der Waals surface area contributed by atoms with Gasteiger partial charge in [0.15, 0.2) is 0 Å². The highest BCUT2D eigenvalue weighted by Crippen LogP contribution is 2.32. The Kier molecular flexibility index (Phi) is 4.94. The molecule has 27 heavy (non-hydrogen) atoms. The first-order valence-electron chi connectivity index (χ1n) is 9.59. The lowest BCUT2D eigenvalue weighted by atomic mass is 9.84. The Bertz CT molecular complexity index is 932. The van der Waals surface area contributed by atoms with Crippen molar-refractivity contribution in [2.45, 2.75) is 38.1 Å². The van der Waals surface area contributed by atoms with E-state index in [-0.39, 0.29) is 24.3 Å². The Hall–Kier alpha value is -2.66. The molecule has 5 nitrogen and oxygen atoms in total. The maximum Gasteiger partial charge on any atom is 0.251 e. The summed E-state index contributed by atoms with van der Waals surface area (Å²) in [4.78, 5) is 19.7. The molecular formula is C22H25N3O2. The summed E-state index contributed by atoms with van der Waals surface area (Å²) in [6, 6.07) is 12.5. The second-order valence-corrected chi connectivity index (χ2v) is 7.57. The Morgan fingerprint density at radius 2 is 2.04 bits per heavy atom. The summed E-state index contributed by atoms with van der Waals surface area (Å²) < 4.78 is 0. The summed E-state index contributed by atoms with van der Waals surface area (Å²) in [6.45, 7) is 2.13. The molecule has 3 aromatic rings. The number of aromatic amines is 1. The van der Waals surface area contributed by atoms with Crippen LogP contribution < -0.4 is 5.32 Å². The number of nitrogens with one attached hydrogen (secondary N) is 2. The van der Waals surface area contributed by atoms with E-state index in [9.17, 15) is 9.90 Å². The summed E-state index contributed by atoms with van der Waals surface area (Å²) in [5.74, 6) is 0.119. The van der Waals surface area contributed by atoms with Crippen LogP contribution in [-0.4, -0.2) is 33.6 Å². The molecule has 1 saturated carbocycles. The normalized spacial score (nSPS) is 16.7. The second-order valence-electron chi connectivity index (χ2n) is 7.57. The summed E-state index contributed by atoms with van der Waals surface area (Å²) in [5.41, 5.74) is 2.82. The number of carbonyl (C=O) groups excluding carboxylic acids is 1. The highest BCUT2D eigenvalue weighted by Gasteiger charge is 2.23. The van der Waals surface area contributed by atoms with Crippen molar-refractivity contribution in [1.29, 1.82) is 0 Å². The standard InChI is InChI=1S/C22H25N3O2/c1-14(12-26)21(20-11-23-13-24-20)17-7-5-16-10-18(8-6-15(16)9-17)22(27)25-19-3-2-4-19/h5-11,13-14,19,21,26H,2-4,12H2,1H3,(H,23,24)(H,25,27). The van der Waals surface area contributed by atoms with Crippen LogP contribution in [0.3, 0.4) is 0 Å². The highest BCUT2D eigenvalue weighted by molar-refractivity contribution is 5.98. The molecule has 1 fully saturated rings. The third-order valence-electron chi connectivity index (χ3n) is 5.64. The molecule has 4 rings (SSSR count). The largest absolute Gasteiger partial charge is 0.396 e. The maximum absolute atomic E-state index is 12.4. The van der Waals surface area contributed by atoms with Crippen LogP contribution in [0.5, 0.6) is 0 Å². The molecule has 0 radical (unpaired) electrons. The SMILES string of the molecule is CC(CO)C(c1ccc2cc(C(=O)NC3CCC3)ccc2c1)c1cnc[nH]1. The second kappa shape index (κ2) is 7.53. The topological polar surface area (TPSA) is 78.0 Å². The van der Waals surface area contributed by atoms with Gasteiger partial charge in [0.2, 0.25) is 0 Å². The molecule has 140 valence electrons. The number of hydrogen-bond donors (Lipinski definition) is 3. The molecular weight excluding hydrogens is 338 g/mol. The monoisotopic (exact) mass is 363 g/mol. The first-order chi connectivity index (χ1) is 13.2. The number of rotatable bonds is 6. The zero-order chi connectivity index (χ0) is 18.8. The minimum atomic E-state index is 0.00918. The predicted molar refractivity (Wildman–Crippen MR) is 106 cm³/mol. The number of nitrogens with zero attached hydrogens (tertiary/aromatic N) is 1. The van der Waals surface area contributed by atoms with Crippen molar-refractivity contribution < 1.29 is 9.90 Å². The number of aromatic nitrogens is 2. The molecule has 0 aliphatic heterocycles. The molecule has 2 atom stereocenters. The fourth-order valence-electron chi connectivity index (χ4n) is 3.78. The van der Waals surface area contributed by atoms with Crippen molar-refractivity contribution in [3.63, 3.8) is 0 Å². The van der Waals surface area contributed by atoms with Crippen LogP contribution in [0.1, 0.15) is 53.7 Å². The van der Waals surface area contributed by atoms with E-state index in [4.69, 9.17) is 0 Å². The van der Waals surface area contributed by atoms with Gasteiger partial charge in [-0.15, -0.1) is 0 Å². The van der Waals surface area contributed by atoms with Gasteiger partial charge in [-0.25, -0.2) is 4.98 Å². The Morgan fingerprint density at radius 3 is 2.70 bits per heavy atom. The minimum Gasteiger partial charge on any atom is -0.396 e. The predicted octanol–water partition coefficient (Wildman–Crippen LogP) is 3.61. The van der Waals surface area contributed by atoms with Crippen LogP contribution in [0.4, 0.5) is 0 Å². The summed E-state index contributed by atoms with van der Waals surface area (Å²) >= 11 is 0. The highest BCUT2D eigenvalue weighted by atomic mass is 16.3. The average Bonchev–Trinajstić information content (AvgIpc) is 3.18. The van der Waals surface area contributed by atoms with Crippen molar-refractivity contribution in [1.82, 2.24) is 15.3 Å². The molecule has 1 heterocycles. The third kappa shape index (κ3) is 3.60. The number of fused-ring (bicyclic) bond motifs is 1. The first kappa shape index (κ1) is 17.7. The van der Waals surface area contributed by atoms with Crippen molar-refractivity contribution >= 4 is 16.7 Å². The fourth-order valence-corrected chi connectivity index (χ4v) is 3.78.